The van der Waals surface area contributed by atoms with Gasteiger partial charge in [0.05, 0.1) is 11.1 Å². The minimum absolute atomic E-state index is 0.0991. The molecule has 3 nitrogen and oxygen atoms in total. The van der Waals surface area contributed by atoms with Crippen molar-refractivity contribution in [3.05, 3.63) is 28.2 Å². The van der Waals surface area contributed by atoms with Gasteiger partial charge in [0.25, 0.3) is 0 Å². The Bertz CT molecular complexity index is 446. The molecule has 0 saturated carbocycles. The predicted molar refractivity (Wildman–Crippen MR) is 65.8 cm³/mol. The van der Waals surface area contributed by atoms with Crippen LogP contribution in [0.4, 0.5) is 13.2 Å². The van der Waals surface area contributed by atoms with Crippen molar-refractivity contribution in [2.24, 2.45) is 0 Å². The van der Waals surface area contributed by atoms with Crippen LogP contribution < -0.4 is 4.74 Å². The van der Waals surface area contributed by atoms with Gasteiger partial charge in [-0.2, -0.15) is 0 Å². The van der Waals surface area contributed by atoms with E-state index in [4.69, 9.17) is 4.74 Å². The lowest BCUT2D eigenvalue weighted by atomic mass is 10.1. The number of carbonyl (C=O) groups is 1. The number of hydrogen-bond donors (Lipinski definition) is 0. The first-order valence-electron chi connectivity index (χ1n) is 5.52. The molecule has 106 valence electrons. The molecule has 19 heavy (non-hydrogen) atoms. The van der Waals surface area contributed by atoms with Gasteiger partial charge in [0.1, 0.15) is 5.75 Å². The monoisotopic (exact) mass is 340 g/mol. The Morgan fingerprint density at radius 3 is 2.63 bits per heavy atom. The summed E-state index contributed by atoms with van der Waals surface area (Å²) in [6.45, 7) is 1.96. The second-order valence-corrected chi connectivity index (χ2v) is 4.38. The summed E-state index contributed by atoms with van der Waals surface area (Å²) in [6, 6.07) is 4.25. The Balaban J connectivity index is 2.75. The fraction of sp³-hybridized carbons (Fsp3) is 0.417. The molecule has 0 atom stereocenters. The molecule has 0 bridgehead atoms. The highest BCUT2D eigenvalue weighted by atomic mass is 79.9. The zero-order valence-electron chi connectivity index (χ0n) is 10.1. The number of hydrogen-bond acceptors (Lipinski definition) is 3. The van der Waals surface area contributed by atoms with Crippen molar-refractivity contribution in [2.45, 2.75) is 26.1 Å². The van der Waals surface area contributed by atoms with Crippen LogP contribution >= 0.6 is 15.9 Å². The third kappa shape index (κ3) is 5.50. The van der Waals surface area contributed by atoms with Gasteiger partial charge in [-0.05, 0) is 40.9 Å². The van der Waals surface area contributed by atoms with Crippen molar-refractivity contribution in [1.82, 2.24) is 0 Å². The lowest BCUT2D eigenvalue weighted by Crippen LogP contribution is -2.17. The molecule has 1 rings (SSSR count). The summed E-state index contributed by atoms with van der Waals surface area (Å²) in [6.07, 6.45) is -4.38. The van der Waals surface area contributed by atoms with E-state index in [1.165, 1.54) is 12.1 Å². The van der Waals surface area contributed by atoms with E-state index in [9.17, 15) is 18.0 Å². The molecule has 1 aromatic rings. The van der Waals surface area contributed by atoms with Crippen LogP contribution in [0.1, 0.15) is 18.9 Å². The third-order valence-corrected chi connectivity index (χ3v) is 3.07. The highest BCUT2D eigenvalue weighted by molar-refractivity contribution is 9.10. The number of halogens is 4. The van der Waals surface area contributed by atoms with Crippen molar-refractivity contribution < 1.29 is 27.4 Å². The maximum absolute atomic E-state index is 12.2. The fourth-order valence-corrected chi connectivity index (χ4v) is 1.97. The lowest BCUT2D eigenvalue weighted by molar-refractivity contribution is -0.274. The van der Waals surface area contributed by atoms with Gasteiger partial charge < -0.3 is 9.47 Å². The van der Waals surface area contributed by atoms with E-state index in [1.54, 1.807) is 13.0 Å². The molecule has 0 spiro atoms. The summed E-state index contributed by atoms with van der Waals surface area (Å²) in [5, 5.41) is 0. The second kappa shape index (κ2) is 6.79. The van der Waals surface area contributed by atoms with Crippen molar-refractivity contribution >= 4 is 21.9 Å². The predicted octanol–water partition coefficient (Wildman–Crippen LogP) is 3.84. The topological polar surface area (TPSA) is 35.5 Å². The molecule has 7 heteroatoms. The zero-order valence-corrected chi connectivity index (χ0v) is 11.7. The van der Waals surface area contributed by atoms with Crippen LogP contribution in [-0.2, 0) is 16.0 Å². The highest BCUT2D eigenvalue weighted by Crippen LogP contribution is 2.33. The van der Waals surface area contributed by atoms with E-state index in [0.717, 1.165) is 0 Å². The second-order valence-electron chi connectivity index (χ2n) is 3.58. The number of rotatable bonds is 5. The van der Waals surface area contributed by atoms with Crippen LogP contribution in [0.25, 0.3) is 0 Å². The van der Waals surface area contributed by atoms with Gasteiger partial charge in [-0.1, -0.05) is 12.1 Å². The average Bonchev–Trinajstić information content (AvgIpc) is 2.29. The van der Waals surface area contributed by atoms with E-state index < -0.39 is 12.3 Å². The maximum Gasteiger partial charge on any atom is 0.573 e. The van der Waals surface area contributed by atoms with Crippen molar-refractivity contribution in [2.75, 3.05) is 6.61 Å². The van der Waals surface area contributed by atoms with E-state index >= 15 is 0 Å². The molecule has 1 aromatic carbocycles. The minimum atomic E-state index is -4.75. The molecule has 0 unspecified atom stereocenters. The summed E-state index contributed by atoms with van der Waals surface area (Å²) in [5.41, 5.74) is 0.551. The van der Waals surface area contributed by atoms with Gasteiger partial charge in [0.2, 0.25) is 0 Å². The maximum atomic E-state index is 12.2. The summed E-state index contributed by atoms with van der Waals surface area (Å²) >= 11 is 3.05. The number of benzene rings is 1. The van der Waals surface area contributed by atoms with Gasteiger partial charge >= 0.3 is 12.3 Å². The average molecular weight is 341 g/mol. The standard InChI is InChI=1S/C12H12BrF3O3/c1-2-18-10(17)7-6-8-4-3-5-9(11(8)13)19-12(14,15)16/h3-5H,2,6-7H2,1H3. The van der Waals surface area contributed by atoms with Gasteiger partial charge in [-0.3, -0.25) is 4.79 Å². The van der Waals surface area contributed by atoms with Crippen LogP contribution in [-0.4, -0.2) is 18.9 Å². The van der Waals surface area contributed by atoms with Crippen LogP contribution in [0, 0.1) is 0 Å². The summed E-state index contributed by atoms with van der Waals surface area (Å²) in [4.78, 5) is 11.2. The van der Waals surface area contributed by atoms with E-state index in [2.05, 4.69) is 20.7 Å². The molecular formula is C12H12BrF3O3. The minimum Gasteiger partial charge on any atom is -0.466 e. The number of ether oxygens (including phenoxy) is 2. The van der Waals surface area contributed by atoms with Crippen LogP contribution in [0.3, 0.4) is 0 Å². The van der Waals surface area contributed by atoms with Crippen LogP contribution in [0.15, 0.2) is 22.7 Å². The lowest BCUT2D eigenvalue weighted by Gasteiger charge is -2.12. The van der Waals surface area contributed by atoms with Gasteiger partial charge in [0.15, 0.2) is 0 Å². The quantitative estimate of drug-likeness (QED) is 0.764. The SMILES string of the molecule is CCOC(=O)CCc1cccc(OC(F)(F)F)c1Br. The van der Waals surface area contributed by atoms with Crippen molar-refractivity contribution in [3.63, 3.8) is 0 Å². The van der Waals surface area contributed by atoms with Gasteiger partial charge in [0, 0.05) is 6.42 Å². The molecule has 0 heterocycles. The van der Waals surface area contributed by atoms with Crippen molar-refractivity contribution in [3.8, 4) is 5.75 Å². The van der Waals surface area contributed by atoms with E-state index in [-0.39, 0.29) is 29.7 Å². The van der Waals surface area contributed by atoms with Gasteiger partial charge in [-0.15, -0.1) is 13.2 Å². The Morgan fingerprint density at radius 2 is 2.05 bits per heavy atom. The Hall–Kier alpha value is -1.24. The number of alkyl halides is 3. The smallest absolute Gasteiger partial charge is 0.466 e. The van der Waals surface area contributed by atoms with Crippen molar-refractivity contribution in [1.29, 1.82) is 0 Å². The molecule has 0 saturated heterocycles. The molecule has 0 radical (unpaired) electrons. The molecule has 0 fully saturated rings. The van der Waals surface area contributed by atoms with Crippen LogP contribution in [0.2, 0.25) is 0 Å². The van der Waals surface area contributed by atoms with E-state index in [0.29, 0.717) is 5.56 Å². The van der Waals surface area contributed by atoms with Gasteiger partial charge in [-0.25, -0.2) is 0 Å². The Kier molecular flexibility index (Phi) is 5.65. The largest absolute Gasteiger partial charge is 0.573 e. The summed E-state index contributed by atoms with van der Waals surface area (Å²) < 4.78 is 45.3. The number of carbonyl (C=O) groups excluding carboxylic acids is 1. The molecule has 0 aliphatic heterocycles. The Morgan fingerprint density at radius 1 is 1.37 bits per heavy atom. The molecule has 0 aliphatic carbocycles. The fourth-order valence-electron chi connectivity index (χ4n) is 1.42. The Labute approximate surface area is 116 Å². The molecule has 0 N–H and O–H groups in total. The summed E-state index contributed by atoms with van der Waals surface area (Å²) in [7, 11) is 0. The number of esters is 1. The molecule has 0 aromatic heterocycles. The normalized spacial score (nSPS) is 11.2. The molecular weight excluding hydrogens is 329 g/mol. The molecule has 0 aliphatic rings. The number of aryl methyl sites for hydroxylation is 1. The van der Waals surface area contributed by atoms with Crippen LogP contribution in [0.5, 0.6) is 5.75 Å². The summed E-state index contributed by atoms with van der Waals surface area (Å²) in [5.74, 6) is -0.717. The van der Waals surface area contributed by atoms with E-state index in [1.807, 2.05) is 0 Å². The first kappa shape index (κ1) is 15.8. The molecule has 0 amide bonds. The third-order valence-electron chi connectivity index (χ3n) is 2.17. The first-order valence-corrected chi connectivity index (χ1v) is 6.31. The first-order chi connectivity index (χ1) is 8.83. The zero-order chi connectivity index (χ0) is 14.5. The highest BCUT2D eigenvalue weighted by Gasteiger charge is 2.32.